The number of nitrogens with two attached hydrogens (primary N) is 1. The largest absolute Gasteiger partial charge is 0.380 e. The molecule has 0 aliphatic carbocycles. The second-order valence-electron chi connectivity index (χ2n) is 4.81. The SMILES string of the molecule is NC1C(=O)Nc2cc(N3CCCOCC3)c(Cl)cc21. The van der Waals surface area contributed by atoms with Crippen LogP contribution in [0.4, 0.5) is 11.4 Å². The van der Waals surface area contributed by atoms with Gasteiger partial charge in [0.1, 0.15) is 6.04 Å². The molecule has 2 aliphatic rings. The Labute approximate surface area is 116 Å². The van der Waals surface area contributed by atoms with Crippen molar-refractivity contribution in [2.75, 3.05) is 36.5 Å². The predicted octanol–water partition coefficient (Wildman–Crippen LogP) is 1.52. The van der Waals surface area contributed by atoms with Gasteiger partial charge in [-0.3, -0.25) is 4.79 Å². The van der Waals surface area contributed by atoms with Gasteiger partial charge in [0, 0.05) is 30.9 Å². The average Bonchev–Trinajstić information content (AvgIpc) is 2.63. The number of nitrogens with zero attached hydrogens (tertiary/aromatic N) is 1. The number of amides is 1. The third kappa shape index (κ3) is 2.29. The van der Waals surface area contributed by atoms with Crippen molar-refractivity contribution < 1.29 is 9.53 Å². The number of anilines is 2. The van der Waals surface area contributed by atoms with E-state index >= 15 is 0 Å². The average molecular weight is 282 g/mol. The van der Waals surface area contributed by atoms with Crippen LogP contribution >= 0.6 is 11.6 Å². The Morgan fingerprint density at radius 3 is 3.05 bits per heavy atom. The number of rotatable bonds is 1. The molecule has 3 rings (SSSR count). The second kappa shape index (κ2) is 5.00. The highest BCUT2D eigenvalue weighted by Crippen LogP contribution is 2.38. The quantitative estimate of drug-likeness (QED) is 0.819. The molecule has 1 saturated heterocycles. The molecule has 0 aromatic heterocycles. The fraction of sp³-hybridized carbons (Fsp3) is 0.462. The van der Waals surface area contributed by atoms with Crippen LogP contribution in [0, 0.1) is 0 Å². The Bertz CT molecular complexity index is 513. The molecule has 1 aromatic carbocycles. The van der Waals surface area contributed by atoms with E-state index in [1.165, 1.54) is 0 Å². The summed E-state index contributed by atoms with van der Waals surface area (Å²) in [6.07, 6.45) is 0.972. The summed E-state index contributed by atoms with van der Waals surface area (Å²) in [5.41, 5.74) is 8.27. The summed E-state index contributed by atoms with van der Waals surface area (Å²) in [7, 11) is 0. The molecule has 19 heavy (non-hydrogen) atoms. The van der Waals surface area contributed by atoms with Crippen molar-refractivity contribution in [3.63, 3.8) is 0 Å². The van der Waals surface area contributed by atoms with Crippen molar-refractivity contribution >= 4 is 28.9 Å². The van der Waals surface area contributed by atoms with Gasteiger partial charge in [-0.2, -0.15) is 0 Å². The lowest BCUT2D eigenvalue weighted by Crippen LogP contribution is -2.26. The van der Waals surface area contributed by atoms with Gasteiger partial charge < -0.3 is 20.7 Å². The monoisotopic (exact) mass is 281 g/mol. The molecule has 102 valence electrons. The van der Waals surface area contributed by atoms with E-state index in [1.807, 2.05) is 6.07 Å². The smallest absolute Gasteiger partial charge is 0.245 e. The highest BCUT2D eigenvalue weighted by Gasteiger charge is 2.29. The molecule has 0 spiro atoms. The first-order valence-electron chi connectivity index (χ1n) is 6.39. The molecular formula is C13H16ClN3O2. The molecule has 1 unspecified atom stereocenters. The Morgan fingerprint density at radius 2 is 2.21 bits per heavy atom. The first-order chi connectivity index (χ1) is 9.16. The molecule has 1 atom stereocenters. The third-order valence-electron chi connectivity index (χ3n) is 3.56. The zero-order chi connectivity index (χ0) is 13.4. The first kappa shape index (κ1) is 12.7. The highest BCUT2D eigenvalue weighted by molar-refractivity contribution is 6.33. The van der Waals surface area contributed by atoms with Gasteiger partial charge in [-0.05, 0) is 18.6 Å². The molecule has 5 nitrogen and oxygen atoms in total. The number of hydrogen-bond acceptors (Lipinski definition) is 4. The van der Waals surface area contributed by atoms with Gasteiger partial charge in [0.25, 0.3) is 0 Å². The number of carbonyl (C=O) groups is 1. The van der Waals surface area contributed by atoms with Crippen molar-refractivity contribution in [1.82, 2.24) is 0 Å². The van der Waals surface area contributed by atoms with Gasteiger partial charge in [-0.15, -0.1) is 0 Å². The van der Waals surface area contributed by atoms with Crippen LogP contribution in [-0.4, -0.2) is 32.2 Å². The Hall–Kier alpha value is -1.30. The molecule has 0 radical (unpaired) electrons. The van der Waals surface area contributed by atoms with E-state index in [-0.39, 0.29) is 5.91 Å². The highest BCUT2D eigenvalue weighted by atomic mass is 35.5. The fourth-order valence-corrected chi connectivity index (χ4v) is 2.82. The normalized spacial score (nSPS) is 22.9. The van der Waals surface area contributed by atoms with Gasteiger partial charge in [0.05, 0.1) is 17.3 Å². The molecule has 3 N–H and O–H groups in total. The summed E-state index contributed by atoms with van der Waals surface area (Å²) in [5, 5.41) is 3.42. The fourth-order valence-electron chi connectivity index (χ4n) is 2.52. The third-order valence-corrected chi connectivity index (χ3v) is 3.86. The van der Waals surface area contributed by atoms with E-state index in [9.17, 15) is 4.79 Å². The maximum absolute atomic E-state index is 11.6. The van der Waals surface area contributed by atoms with Crippen molar-refractivity contribution in [3.8, 4) is 0 Å². The number of fused-ring (bicyclic) bond motifs is 1. The van der Waals surface area contributed by atoms with E-state index < -0.39 is 6.04 Å². The van der Waals surface area contributed by atoms with Crippen LogP contribution in [0.3, 0.4) is 0 Å². The number of ether oxygens (including phenoxy) is 1. The lowest BCUT2D eigenvalue weighted by molar-refractivity contribution is -0.116. The van der Waals surface area contributed by atoms with Crippen LogP contribution in [0.1, 0.15) is 18.0 Å². The lowest BCUT2D eigenvalue weighted by Gasteiger charge is -2.24. The molecule has 0 bridgehead atoms. The molecule has 1 aromatic rings. The van der Waals surface area contributed by atoms with Gasteiger partial charge >= 0.3 is 0 Å². The van der Waals surface area contributed by atoms with E-state index in [0.29, 0.717) is 11.6 Å². The Kier molecular flexibility index (Phi) is 3.35. The summed E-state index contributed by atoms with van der Waals surface area (Å²) in [6, 6.07) is 3.09. The van der Waals surface area contributed by atoms with Gasteiger partial charge in [-0.1, -0.05) is 11.6 Å². The molecule has 6 heteroatoms. The minimum Gasteiger partial charge on any atom is -0.380 e. The van der Waals surface area contributed by atoms with Crippen molar-refractivity contribution in [2.24, 2.45) is 5.73 Å². The van der Waals surface area contributed by atoms with E-state index in [1.54, 1.807) is 6.07 Å². The minimum absolute atomic E-state index is 0.178. The maximum atomic E-state index is 11.6. The molecule has 0 saturated carbocycles. The number of hydrogen-bond donors (Lipinski definition) is 2. The number of carbonyl (C=O) groups excluding carboxylic acids is 1. The molecular weight excluding hydrogens is 266 g/mol. The van der Waals surface area contributed by atoms with Crippen LogP contribution in [0.25, 0.3) is 0 Å². The van der Waals surface area contributed by atoms with Gasteiger partial charge in [0.2, 0.25) is 5.91 Å². The van der Waals surface area contributed by atoms with Crippen LogP contribution in [0.5, 0.6) is 0 Å². The standard InChI is InChI=1S/C13H16ClN3O2/c14-9-6-8-10(16-13(18)12(8)15)7-11(9)17-2-1-4-19-5-3-17/h6-7,12H,1-5,15H2,(H,16,18). The topological polar surface area (TPSA) is 67.6 Å². The predicted molar refractivity (Wildman–Crippen MR) is 74.7 cm³/mol. The lowest BCUT2D eigenvalue weighted by atomic mass is 10.1. The van der Waals surface area contributed by atoms with Crippen LogP contribution in [-0.2, 0) is 9.53 Å². The van der Waals surface area contributed by atoms with E-state index in [2.05, 4.69) is 10.2 Å². The zero-order valence-electron chi connectivity index (χ0n) is 10.5. The maximum Gasteiger partial charge on any atom is 0.245 e. The summed E-state index contributed by atoms with van der Waals surface area (Å²) in [4.78, 5) is 13.8. The Balaban J connectivity index is 1.95. The van der Waals surface area contributed by atoms with Crippen molar-refractivity contribution in [2.45, 2.75) is 12.5 Å². The number of halogens is 1. The Morgan fingerprint density at radius 1 is 1.37 bits per heavy atom. The molecule has 2 aliphatic heterocycles. The van der Waals surface area contributed by atoms with Crippen molar-refractivity contribution in [1.29, 1.82) is 0 Å². The van der Waals surface area contributed by atoms with E-state index in [4.69, 9.17) is 22.1 Å². The van der Waals surface area contributed by atoms with Crippen LogP contribution in [0.2, 0.25) is 5.02 Å². The first-order valence-corrected chi connectivity index (χ1v) is 6.77. The number of nitrogens with one attached hydrogen (secondary N) is 1. The zero-order valence-corrected chi connectivity index (χ0v) is 11.2. The van der Waals surface area contributed by atoms with Crippen LogP contribution < -0.4 is 16.0 Å². The minimum atomic E-state index is -0.617. The van der Waals surface area contributed by atoms with E-state index in [0.717, 1.165) is 43.1 Å². The van der Waals surface area contributed by atoms with Gasteiger partial charge in [0.15, 0.2) is 0 Å². The molecule has 2 heterocycles. The summed E-state index contributed by atoms with van der Waals surface area (Å²) in [6.45, 7) is 3.18. The summed E-state index contributed by atoms with van der Waals surface area (Å²) >= 11 is 6.33. The van der Waals surface area contributed by atoms with Gasteiger partial charge in [-0.25, -0.2) is 0 Å². The molecule has 1 fully saturated rings. The number of benzene rings is 1. The van der Waals surface area contributed by atoms with Crippen molar-refractivity contribution in [3.05, 3.63) is 22.7 Å². The second-order valence-corrected chi connectivity index (χ2v) is 5.22. The summed E-state index contributed by atoms with van der Waals surface area (Å²) < 4.78 is 5.44. The van der Waals surface area contributed by atoms with Crippen LogP contribution in [0.15, 0.2) is 12.1 Å². The molecule has 1 amide bonds. The summed E-state index contributed by atoms with van der Waals surface area (Å²) in [5.74, 6) is -0.178.